The van der Waals surface area contributed by atoms with Crippen molar-refractivity contribution in [2.75, 3.05) is 5.32 Å². The second-order valence-corrected chi connectivity index (χ2v) is 8.69. The van der Waals surface area contributed by atoms with Gasteiger partial charge < -0.3 is 5.32 Å². The van der Waals surface area contributed by atoms with Crippen molar-refractivity contribution >= 4 is 55.7 Å². The predicted octanol–water partition coefficient (Wildman–Crippen LogP) is 5.79. The molecule has 0 amide bonds. The van der Waals surface area contributed by atoms with Crippen molar-refractivity contribution in [3.8, 4) is 0 Å². The molecule has 0 aliphatic heterocycles. The minimum atomic E-state index is 0.532. The SMILES string of the molecule is Cc1cc2ncnc(Nc3ccc4scnc4c3)c2cc1SC(C)C. The first-order valence-corrected chi connectivity index (χ1v) is 9.88. The van der Waals surface area contributed by atoms with Crippen molar-refractivity contribution in [3.05, 3.63) is 47.7 Å². The van der Waals surface area contributed by atoms with Crippen molar-refractivity contribution in [2.24, 2.45) is 0 Å². The smallest absolute Gasteiger partial charge is 0.141 e. The Kier molecular flexibility index (Phi) is 4.31. The third kappa shape index (κ3) is 3.32. The van der Waals surface area contributed by atoms with Crippen LogP contribution in [0.2, 0.25) is 0 Å². The highest BCUT2D eigenvalue weighted by atomic mass is 32.2. The van der Waals surface area contributed by atoms with Crippen LogP contribution in [0.15, 0.2) is 47.1 Å². The van der Waals surface area contributed by atoms with Gasteiger partial charge in [-0.2, -0.15) is 0 Å². The number of hydrogen-bond acceptors (Lipinski definition) is 6. The molecule has 0 fully saturated rings. The van der Waals surface area contributed by atoms with Gasteiger partial charge in [-0.15, -0.1) is 23.1 Å². The summed E-state index contributed by atoms with van der Waals surface area (Å²) in [6, 6.07) is 10.5. The van der Waals surface area contributed by atoms with Crippen molar-refractivity contribution in [2.45, 2.75) is 30.9 Å². The zero-order valence-corrected chi connectivity index (χ0v) is 15.9. The third-order valence-electron chi connectivity index (χ3n) is 3.89. The van der Waals surface area contributed by atoms with E-state index in [1.807, 2.05) is 17.3 Å². The van der Waals surface area contributed by atoms with Crippen molar-refractivity contribution in [3.63, 3.8) is 0 Å². The molecule has 2 aromatic carbocycles. The number of nitrogens with one attached hydrogen (secondary N) is 1. The normalized spacial score (nSPS) is 11.5. The maximum atomic E-state index is 4.47. The number of thiazole rings is 1. The summed E-state index contributed by atoms with van der Waals surface area (Å²) in [5, 5.41) is 5.00. The first kappa shape index (κ1) is 16.3. The van der Waals surface area contributed by atoms with Gasteiger partial charge in [0.1, 0.15) is 12.1 Å². The molecule has 0 atom stereocenters. The maximum Gasteiger partial charge on any atom is 0.141 e. The molecule has 0 bridgehead atoms. The maximum absolute atomic E-state index is 4.47. The van der Waals surface area contributed by atoms with Crippen LogP contribution in [0.1, 0.15) is 19.4 Å². The van der Waals surface area contributed by atoms with Gasteiger partial charge in [0.15, 0.2) is 0 Å². The summed E-state index contributed by atoms with van der Waals surface area (Å²) >= 11 is 3.51. The predicted molar refractivity (Wildman–Crippen MR) is 108 cm³/mol. The molecule has 2 aromatic heterocycles. The molecule has 0 radical (unpaired) electrons. The van der Waals surface area contributed by atoms with Gasteiger partial charge in [0, 0.05) is 21.2 Å². The van der Waals surface area contributed by atoms with Crippen LogP contribution in [0.25, 0.3) is 21.1 Å². The standard InChI is InChI=1S/C19H18N4S2/c1-11(2)25-18-8-14-15(6-12(18)3)20-9-21-19(14)23-13-4-5-17-16(7-13)22-10-24-17/h4-11H,1-3H3,(H,20,21,23). The average Bonchev–Trinajstić information content (AvgIpc) is 3.03. The number of anilines is 2. The molecule has 0 saturated carbocycles. The molecule has 4 rings (SSSR count). The van der Waals surface area contributed by atoms with E-state index in [4.69, 9.17) is 0 Å². The van der Waals surface area contributed by atoms with Gasteiger partial charge in [-0.05, 0) is 42.8 Å². The minimum absolute atomic E-state index is 0.532. The summed E-state index contributed by atoms with van der Waals surface area (Å²) in [5.74, 6) is 0.824. The summed E-state index contributed by atoms with van der Waals surface area (Å²) in [5.41, 5.74) is 6.06. The lowest BCUT2D eigenvalue weighted by Gasteiger charge is -2.13. The molecule has 1 N–H and O–H groups in total. The number of aromatic nitrogens is 3. The summed E-state index contributed by atoms with van der Waals surface area (Å²) < 4.78 is 1.18. The highest BCUT2D eigenvalue weighted by Gasteiger charge is 2.10. The van der Waals surface area contributed by atoms with Gasteiger partial charge in [-0.25, -0.2) is 15.0 Å². The Balaban J connectivity index is 1.77. The highest BCUT2D eigenvalue weighted by molar-refractivity contribution is 8.00. The summed E-state index contributed by atoms with van der Waals surface area (Å²) in [7, 11) is 0. The van der Waals surface area contributed by atoms with E-state index in [9.17, 15) is 0 Å². The molecule has 126 valence electrons. The van der Waals surface area contributed by atoms with Gasteiger partial charge in [-0.3, -0.25) is 0 Å². The van der Waals surface area contributed by atoms with E-state index in [-0.39, 0.29) is 0 Å². The zero-order chi connectivity index (χ0) is 17.4. The third-order valence-corrected chi connectivity index (χ3v) is 5.86. The fourth-order valence-electron chi connectivity index (χ4n) is 2.74. The van der Waals surface area contributed by atoms with Gasteiger partial charge >= 0.3 is 0 Å². The van der Waals surface area contributed by atoms with Gasteiger partial charge in [0.05, 0.1) is 21.2 Å². The molecular weight excluding hydrogens is 348 g/mol. The average molecular weight is 367 g/mol. The van der Waals surface area contributed by atoms with Crippen LogP contribution in [-0.4, -0.2) is 20.2 Å². The van der Waals surface area contributed by atoms with Gasteiger partial charge in [-0.1, -0.05) is 13.8 Å². The van der Waals surface area contributed by atoms with Gasteiger partial charge in [0.25, 0.3) is 0 Å². The molecular formula is C19H18N4S2. The molecule has 0 saturated heterocycles. The number of benzene rings is 2. The van der Waals surface area contributed by atoms with Crippen LogP contribution in [0.3, 0.4) is 0 Å². The van der Waals surface area contributed by atoms with Crippen LogP contribution in [0, 0.1) is 6.92 Å². The second kappa shape index (κ2) is 6.61. The summed E-state index contributed by atoms with van der Waals surface area (Å²) in [6.07, 6.45) is 1.61. The number of thioether (sulfide) groups is 1. The lowest BCUT2D eigenvalue weighted by atomic mass is 10.1. The van der Waals surface area contributed by atoms with E-state index in [1.54, 1.807) is 17.7 Å². The van der Waals surface area contributed by atoms with Crippen LogP contribution in [-0.2, 0) is 0 Å². The van der Waals surface area contributed by atoms with E-state index in [1.165, 1.54) is 15.2 Å². The summed E-state index contributed by atoms with van der Waals surface area (Å²) in [6.45, 7) is 6.55. The topological polar surface area (TPSA) is 50.7 Å². The number of rotatable bonds is 4. The van der Waals surface area contributed by atoms with Crippen molar-refractivity contribution in [1.29, 1.82) is 0 Å². The summed E-state index contributed by atoms with van der Waals surface area (Å²) in [4.78, 5) is 14.6. The van der Waals surface area contributed by atoms with Crippen LogP contribution >= 0.6 is 23.1 Å². The Morgan fingerprint density at radius 2 is 1.92 bits per heavy atom. The molecule has 4 nitrogen and oxygen atoms in total. The number of hydrogen-bond donors (Lipinski definition) is 1. The molecule has 0 spiro atoms. The van der Waals surface area contributed by atoms with E-state index >= 15 is 0 Å². The van der Waals surface area contributed by atoms with Crippen molar-refractivity contribution in [1.82, 2.24) is 15.0 Å². The van der Waals surface area contributed by atoms with Crippen LogP contribution in [0.4, 0.5) is 11.5 Å². The lowest BCUT2D eigenvalue weighted by Crippen LogP contribution is -1.97. The molecule has 0 aliphatic rings. The zero-order valence-electron chi connectivity index (χ0n) is 14.3. The Hall–Kier alpha value is -2.18. The molecule has 4 aromatic rings. The highest BCUT2D eigenvalue weighted by Crippen LogP contribution is 2.33. The molecule has 6 heteroatoms. The van der Waals surface area contributed by atoms with E-state index in [2.05, 4.69) is 71.4 Å². The Morgan fingerprint density at radius 3 is 2.76 bits per heavy atom. The Morgan fingerprint density at radius 1 is 1.04 bits per heavy atom. The number of aryl methyl sites for hydroxylation is 1. The molecule has 0 aliphatic carbocycles. The van der Waals surface area contributed by atoms with E-state index in [0.29, 0.717) is 5.25 Å². The van der Waals surface area contributed by atoms with Gasteiger partial charge in [0.2, 0.25) is 0 Å². The Labute approximate surface area is 154 Å². The molecule has 0 unspecified atom stereocenters. The molecule has 2 heterocycles. The first-order valence-electron chi connectivity index (χ1n) is 8.12. The lowest BCUT2D eigenvalue weighted by molar-refractivity contribution is 1.10. The quantitative estimate of drug-likeness (QED) is 0.463. The fourth-order valence-corrected chi connectivity index (χ4v) is 4.34. The minimum Gasteiger partial charge on any atom is -0.340 e. The number of nitrogens with zero attached hydrogens (tertiary/aromatic N) is 3. The van der Waals surface area contributed by atoms with Crippen molar-refractivity contribution < 1.29 is 0 Å². The molecule has 25 heavy (non-hydrogen) atoms. The monoisotopic (exact) mass is 366 g/mol. The van der Waals surface area contributed by atoms with Crippen LogP contribution < -0.4 is 5.32 Å². The first-order chi connectivity index (χ1) is 12.1. The Bertz CT molecular complexity index is 1060. The number of fused-ring (bicyclic) bond motifs is 2. The van der Waals surface area contributed by atoms with E-state index < -0.39 is 0 Å². The van der Waals surface area contributed by atoms with Crippen LogP contribution in [0.5, 0.6) is 0 Å². The van der Waals surface area contributed by atoms with E-state index in [0.717, 1.165) is 27.9 Å². The fraction of sp³-hybridized carbons (Fsp3) is 0.211. The largest absolute Gasteiger partial charge is 0.340 e. The second-order valence-electron chi connectivity index (χ2n) is 6.18.